The van der Waals surface area contributed by atoms with Crippen molar-refractivity contribution in [2.75, 3.05) is 18.9 Å². The van der Waals surface area contributed by atoms with Gasteiger partial charge in [0.05, 0.1) is 6.61 Å². The Morgan fingerprint density at radius 1 is 1.48 bits per heavy atom. The minimum absolute atomic E-state index is 0.0100. The highest BCUT2D eigenvalue weighted by atomic mass is 16.5. The Kier molecular flexibility index (Phi) is 3.83. The van der Waals surface area contributed by atoms with Crippen LogP contribution in [0.5, 0.6) is 0 Å². The number of aliphatic hydroxyl groups excluding tert-OH is 1. The number of amides is 1. The van der Waals surface area contributed by atoms with Gasteiger partial charge in [-0.25, -0.2) is 4.98 Å². The molecule has 0 spiro atoms. The van der Waals surface area contributed by atoms with Gasteiger partial charge in [0.15, 0.2) is 5.60 Å². The summed E-state index contributed by atoms with van der Waals surface area (Å²) in [6, 6.07) is 0. The number of carbonyl (C=O) groups excluding carboxylic acids is 1. The summed E-state index contributed by atoms with van der Waals surface area (Å²) >= 11 is 0. The second kappa shape index (κ2) is 5.45. The van der Waals surface area contributed by atoms with E-state index in [4.69, 9.17) is 21.9 Å². The smallest absolute Gasteiger partial charge is 0.243 e. The number of hydrogen-bond donors (Lipinski definition) is 5. The number of aromatic nitrogens is 2. The summed E-state index contributed by atoms with van der Waals surface area (Å²) in [6.45, 7) is -0.0847. The van der Waals surface area contributed by atoms with Gasteiger partial charge in [-0.2, -0.15) is 0 Å². The van der Waals surface area contributed by atoms with Gasteiger partial charge in [0.25, 0.3) is 0 Å². The van der Waals surface area contributed by atoms with Crippen LogP contribution in [0.2, 0.25) is 0 Å². The number of nitrogens with zero attached hydrogens (tertiary/aromatic N) is 2. The number of nitrogens with two attached hydrogens (primary N) is 3. The van der Waals surface area contributed by atoms with Crippen LogP contribution in [-0.4, -0.2) is 51.0 Å². The Balaban J connectivity index is 2.17. The van der Waals surface area contributed by atoms with Gasteiger partial charge in [0.2, 0.25) is 5.91 Å². The first-order chi connectivity index (χ1) is 10.9. The van der Waals surface area contributed by atoms with Crippen molar-refractivity contribution >= 4 is 11.7 Å². The van der Waals surface area contributed by atoms with Crippen molar-refractivity contribution in [3.05, 3.63) is 12.0 Å². The molecule has 1 amide bonds. The lowest BCUT2D eigenvalue weighted by molar-refractivity contribution is -0.128. The number of ether oxygens (including phenoxy) is 1. The van der Waals surface area contributed by atoms with E-state index in [9.17, 15) is 15.0 Å². The maximum Gasteiger partial charge on any atom is 0.243 e. The van der Waals surface area contributed by atoms with Crippen LogP contribution in [0.3, 0.4) is 0 Å². The molecule has 1 saturated carbocycles. The predicted octanol–water partition coefficient (Wildman–Crippen LogP) is -1.87. The molecule has 0 unspecified atom stereocenters. The standard InChI is InChI=1S/C14H23N5O4/c15-5-9-14(22,8(20)7-23-9)12-18-10(16)6-19(12)13(11(17)21)3-1-2-4-13/h6,8-9,20,22H,1-5,7,15-16H2,(H2,17,21)/t8-,9+,14+/m0/s1. The fourth-order valence-corrected chi connectivity index (χ4v) is 3.79. The third-order valence-electron chi connectivity index (χ3n) is 5.10. The van der Waals surface area contributed by atoms with Crippen molar-refractivity contribution in [1.82, 2.24) is 9.55 Å². The van der Waals surface area contributed by atoms with Crippen LogP contribution >= 0.6 is 0 Å². The molecule has 0 aromatic carbocycles. The van der Waals surface area contributed by atoms with Crippen molar-refractivity contribution < 1.29 is 19.7 Å². The number of aliphatic hydroxyl groups is 2. The zero-order chi connectivity index (χ0) is 16.8. The predicted molar refractivity (Wildman–Crippen MR) is 81.0 cm³/mol. The van der Waals surface area contributed by atoms with E-state index >= 15 is 0 Å². The maximum atomic E-state index is 12.2. The van der Waals surface area contributed by atoms with E-state index in [1.807, 2.05) is 0 Å². The average Bonchev–Trinajstić information content (AvgIpc) is 3.19. The van der Waals surface area contributed by atoms with Gasteiger partial charge in [0.1, 0.15) is 29.4 Å². The van der Waals surface area contributed by atoms with Crippen molar-refractivity contribution in [3.8, 4) is 0 Å². The SMILES string of the molecule is NC[C@H]1OC[C@H](O)[C@]1(O)c1nc(N)cn1C1(C(N)=O)CCCC1. The van der Waals surface area contributed by atoms with Gasteiger partial charge in [-0.05, 0) is 12.8 Å². The summed E-state index contributed by atoms with van der Waals surface area (Å²) in [7, 11) is 0. The first-order valence-corrected chi connectivity index (χ1v) is 7.74. The zero-order valence-electron chi connectivity index (χ0n) is 12.8. The van der Waals surface area contributed by atoms with Crippen LogP contribution in [0.4, 0.5) is 5.82 Å². The fraction of sp³-hybridized carbons (Fsp3) is 0.714. The van der Waals surface area contributed by atoms with E-state index in [0.29, 0.717) is 12.8 Å². The first kappa shape index (κ1) is 16.2. The molecule has 128 valence electrons. The lowest BCUT2D eigenvalue weighted by atomic mass is 9.89. The molecule has 9 nitrogen and oxygen atoms in total. The Morgan fingerprint density at radius 2 is 2.13 bits per heavy atom. The first-order valence-electron chi connectivity index (χ1n) is 7.74. The number of anilines is 1. The second-order valence-electron chi connectivity index (χ2n) is 6.36. The second-order valence-corrected chi connectivity index (χ2v) is 6.36. The Hall–Kier alpha value is -1.68. The molecule has 1 aromatic rings. The molecule has 1 aliphatic carbocycles. The van der Waals surface area contributed by atoms with Gasteiger partial charge in [-0.3, -0.25) is 4.79 Å². The highest BCUT2D eigenvalue weighted by Gasteiger charge is 2.56. The molecular formula is C14H23N5O4. The Morgan fingerprint density at radius 3 is 2.70 bits per heavy atom. The average molecular weight is 325 g/mol. The molecule has 1 saturated heterocycles. The molecule has 3 rings (SSSR count). The van der Waals surface area contributed by atoms with Gasteiger partial charge in [-0.1, -0.05) is 12.8 Å². The van der Waals surface area contributed by atoms with Gasteiger partial charge < -0.3 is 36.7 Å². The third kappa shape index (κ3) is 2.15. The lowest BCUT2D eigenvalue weighted by Crippen LogP contribution is -2.53. The number of carbonyl (C=O) groups is 1. The Labute approximate surface area is 133 Å². The molecule has 23 heavy (non-hydrogen) atoms. The normalized spacial score (nSPS) is 33.2. The highest BCUT2D eigenvalue weighted by Crippen LogP contribution is 2.43. The van der Waals surface area contributed by atoms with E-state index in [1.165, 1.54) is 10.8 Å². The van der Waals surface area contributed by atoms with Gasteiger partial charge in [-0.15, -0.1) is 0 Å². The van der Waals surface area contributed by atoms with Crippen molar-refractivity contribution in [3.63, 3.8) is 0 Å². The summed E-state index contributed by atoms with van der Waals surface area (Å²) in [4.78, 5) is 16.3. The molecule has 0 radical (unpaired) electrons. The fourth-order valence-electron chi connectivity index (χ4n) is 3.79. The summed E-state index contributed by atoms with van der Waals surface area (Å²) in [5.74, 6) is -0.290. The van der Waals surface area contributed by atoms with Crippen LogP contribution in [0.15, 0.2) is 6.20 Å². The van der Waals surface area contributed by atoms with E-state index in [1.54, 1.807) is 0 Å². The molecular weight excluding hydrogens is 302 g/mol. The largest absolute Gasteiger partial charge is 0.387 e. The molecule has 2 aliphatic rings. The minimum atomic E-state index is -1.84. The molecule has 0 bridgehead atoms. The number of primary amides is 1. The van der Waals surface area contributed by atoms with E-state index in [2.05, 4.69) is 4.98 Å². The van der Waals surface area contributed by atoms with E-state index in [0.717, 1.165) is 12.8 Å². The number of hydrogen-bond acceptors (Lipinski definition) is 7. The van der Waals surface area contributed by atoms with Crippen LogP contribution in [0.1, 0.15) is 31.5 Å². The van der Waals surface area contributed by atoms with Crippen LogP contribution in [0.25, 0.3) is 0 Å². The van der Waals surface area contributed by atoms with Crippen molar-refractivity contribution in [2.24, 2.45) is 11.5 Å². The van der Waals surface area contributed by atoms with Gasteiger partial charge in [0, 0.05) is 12.7 Å². The summed E-state index contributed by atoms with van der Waals surface area (Å²) in [5.41, 5.74) is 14.3. The van der Waals surface area contributed by atoms with Gasteiger partial charge >= 0.3 is 0 Å². The maximum absolute atomic E-state index is 12.2. The quantitative estimate of drug-likeness (QED) is 0.433. The van der Waals surface area contributed by atoms with Crippen molar-refractivity contribution in [1.29, 1.82) is 0 Å². The lowest BCUT2D eigenvalue weighted by Gasteiger charge is -2.35. The summed E-state index contributed by atoms with van der Waals surface area (Å²) < 4.78 is 6.90. The minimum Gasteiger partial charge on any atom is -0.387 e. The summed E-state index contributed by atoms with van der Waals surface area (Å²) in [5, 5.41) is 21.4. The number of nitrogen functional groups attached to an aromatic ring is 1. The van der Waals surface area contributed by atoms with Crippen LogP contribution < -0.4 is 17.2 Å². The number of imidazole rings is 1. The van der Waals surface area contributed by atoms with E-state index < -0.39 is 29.3 Å². The zero-order valence-corrected chi connectivity index (χ0v) is 12.8. The molecule has 2 fully saturated rings. The Bertz CT molecular complexity index is 612. The van der Waals surface area contributed by atoms with Crippen molar-refractivity contribution in [2.45, 2.75) is 49.0 Å². The monoisotopic (exact) mass is 325 g/mol. The summed E-state index contributed by atoms with van der Waals surface area (Å²) in [6.07, 6.45) is 2.16. The topological polar surface area (TPSA) is 163 Å². The molecule has 8 N–H and O–H groups in total. The number of rotatable bonds is 4. The molecule has 3 atom stereocenters. The molecule has 1 aliphatic heterocycles. The third-order valence-corrected chi connectivity index (χ3v) is 5.10. The van der Waals surface area contributed by atoms with E-state index in [-0.39, 0.29) is 24.8 Å². The molecule has 1 aromatic heterocycles. The highest BCUT2D eigenvalue weighted by molar-refractivity contribution is 5.83. The van der Waals surface area contributed by atoms with Crippen LogP contribution in [-0.2, 0) is 20.7 Å². The molecule has 2 heterocycles. The van der Waals surface area contributed by atoms with Crippen LogP contribution in [0, 0.1) is 0 Å². The molecule has 9 heteroatoms.